The zero-order valence-electron chi connectivity index (χ0n) is 8.39. The maximum absolute atomic E-state index is 8.55. The minimum absolute atomic E-state index is 0.191. The Balaban J connectivity index is -0.000000160. The van der Waals surface area contributed by atoms with Gasteiger partial charge in [0.05, 0.1) is 6.61 Å². The third kappa shape index (κ3) is 151. The summed E-state index contributed by atoms with van der Waals surface area (Å²) in [6.07, 6.45) is 1.89. The van der Waals surface area contributed by atoms with Gasteiger partial charge in [-0.25, -0.2) is 0 Å². The lowest BCUT2D eigenvalue weighted by atomic mass is 10.3. The highest BCUT2D eigenvalue weighted by molar-refractivity contribution is 7.40. The van der Waals surface area contributed by atoms with E-state index < -0.39 is 15.6 Å². The van der Waals surface area contributed by atoms with Crippen molar-refractivity contribution in [3.8, 4) is 0 Å². The Kier molecular flexibility index (Phi) is 13.4. The van der Waals surface area contributed by atoms with Crippen LogP contribution in [0.5, 0.6) is 0 Å². The molecule has 100 valence electrons. The van der Waals surface area contributed by atoms with Crippen molar-refractivity contribution in [2.24, 2.45) is 0 Å². The van der Waals surface area contributed by atoms with Crippen molar-refractivity contribution in [3.63, 3.8) is 0 Å². The van der Waals surface area contributed by atoms with Crippen LogP contribution in [0.15, 0.2) is 11.6 Å². The average molecular weight is 276 g/mol. The van der Waals surface area contributed by atoms with Crippen LogP contribution in [0.1, 0.15) is 13.8 Å². The quantitative estimate of drug-likeness (QED) is 0.361. The highest BCUT2D eigenvalue weighted by Crippen LogP contribution is 2.03. The number of aliphatic hydroxyl groups is 1. The molecule has 11 heteroatoms. The monoisotopic (exact) mass is 276 g/mol. The van der Waals surface area contributed by atoms with E-state index in [1.807, 2.05) is 19.9 Å². The van der Waals surface area contributed by atoms with Gasteiger partial charge in [-0.2, -0.15) is 15.6 Å². The predicted octanol–water partition coefficient (Wildman–Crippen LogP) is -4.70. The van der Waals surface area contributed by atoms with Crippen LogP contribution in [-0.2, 0) is 9.13 Å². The summed E-state index contributed by atoms with van der Waals surface area (Å²) >= 11 is 0. The normalized spacial score (nSPS) is 11.9. The standard InChI is InChI=1S/C5H10O.2H3O4P/c1-3-5(2)4-6;2*1-5(2,3)4/h3,6H,4H2,1-2H3;2*(H3,1,2,3,4)/p-6. The van der Waals surface area contributed by atoms with Gasteiger partial charge < -0.3 is 43.6 Å². The van der Waals surface area contributed by atoms with Gasteiger partial charge in [-0.3, -0.25) is 0 Å². The third-order valence-electron chi connectivity index (χ3n) is 0.742. The first-order valence-corrected chi connectivity index (χ1v) is 6.42. The molecule has 0 unspecified atom stereocenters. The molecule has 0 heterocycles. The van der Waals surface area contributed by atoms with Crippen LogP contribution in [-0.4, -0.2) is 11.7 Å². The van der Waals surface area contributed by atoms with Gasteiger partial charge in [-0.15, -0.1) is 0 Å². The Morgan fingerprint density at radius 2 is 1.25 bits per heavy atom. The van der Waals surface area contributed by atoms with Gasteiger partial charge in [0.25, 0.3) is 0 Å². The van der Waals surface area contributed by atoms with Crippen LogP contribution < -0.4 is 29.4 Å². The Morgan fingerprint density at radius 1 is 1.06 bits per heavy atom. The molecule has 0 aromatic carbocycles. The molecule has 0 aliphatic heterocycles. The van der Waals surface area contributed by atoms with Crippen molar-refractivity contribution < 1.29 is 43.6 Å². The number of hydrogen-bond acceptors (Lipinski definition) is 9. The molecule has 0 fully saturated rings. The smallest absolute Gasteiger partial charge is 0.0638 e. The highest BCUT2D eigenvalue weighted by Gasteiger charge is 1.74. The summed E-state index contributed by atoms with van der Waals surface area (Å²) in [4.78, 5) is 51.3. The van der Waals surface area contributed by atoms with Crippen molar-refractivity contribution in [1.29, 1.82) is 0 Å². The van der Waals surface area contributed by atoms with Crippen molar-refractivity contribution in [2.75, 3.05) is 6.61 Å². The van der Waals surface area contributed by atoms with Crippen LogP contribution in [0.3, 0.4) is 0 Å². The van der Waals surface area contributed by atoms with E-state index in [4.69, 9.17) is 43.6 Å². The van der Waals surface area contributed by atoms with Crippen LogP contribution in [0.25, 0.3) is 0 Å². The molecule has 0 aliphatic carbocycles. The first-order valence-electron chi connectivity index (χ1n) is 3.50. The zero-order chi connectivity index (χ0) is 14.0. The minimum Gasteiger partial charge on any atom is -0.822 e. The second-order valence-corrected chi connectivity index (χ2v) is 3.98. The summed E-state index contributed by atoms with van der Waals surface area (Å²) in [6, 6.07) is 0. The van der Waals surface area contributed by atoms with Crippen molar-refractivity contribution in [1.82, 2.24) is 0 Å². The Hall–Kier alpha value is -0.0800. The van der Waals surface area contributed by atoms with Gasteiger partial charge in [-0.1, -0.05) is 11.6 Å². The second-order valence-electron chi connectivity index (χ2n) is 2.19. The van der Waals surface area contributed by atoms with Crippen LogP contribution >= 0.6 is 15.6 Å². The van der Waals surface area contributed by atoms with Gasteiger partial charge in [0.15, 0.2) is 0 Å². The molecule has 0 spiro atoms. The number of phosphoric acid groups is 2. The largest absolute Gasteiger partial charge is 0.822 e. The van der Waals surface area contributed by atoms with Gasteiger partial charge in [0.1, 0.15) is 0 Å². The van der Waals surface area contributed by atoms with E-state index >= 15 is 0 Å². The Labute approximate surface area is 92.2 Å². The molecule has 0 aliphatic rings. The fourth-order valence-corrected chi connectivity index (χ4v) is 0.0913. The van der Waals surface area contributed by atoms with Crippen LogP contribution in [0, 0.1) is 0 Å². The van der Waals surface area contributed by atoms with E-state index in [1.54, 1.807) is 0 Å². The van der Waals surface area contributed by atoms with E-state index in [0.717, 1.165) is 5.57 Å². The molecule has 0 amide bonds. The summed E-state index contributed by atoms with van der Waals surface area (Å²) in [6.45, 7) is 3.99. The molecule has 0 saturated carbocycles. The molecule has 0 bridgehead atoms. The molecule has 9 nitrogen and oxygen atoms in total. The Bertz CT molecular complexity index is 237. The molecule has 0 aromatic heterocycles. The summed E-state index contributed by atoms with van der Waals surface area (Å²) in [7, 11) is -10.8. The molecule has 1 N–H and O–H groups in total. The fourth-order valence-electron chi connectivity index (χ4n) is 0.0913. The van der Waals surface area contributed by atoms with Crippen LogP contribution in [0.2, 0.25) is 0 Å². The van der Waals surface area contributed by atoms with E-state index in [9.17, 15) is 0 Å². The van der Waals surface area contributed by atoms with Gasteiger partial charge in [0, 0.05) is 0 Å². The molecular weight excluding hydrogens is 266 g/mol. The van der Waals surface area contributed by atoms with E-state index in [2.05, 4.69) is 0 Å². The summed E-state index contributed by atoms with van der Waals surface area (Å²) in [5.41, 5.74) is 1.02. The van der Waals surface area contributed by atoms with Crippen molar-refractivity contribution in [3.05, 3.63) is 11.6 Å². The SMILES string of the molecule is CC=C(C)CO.O=P([O-])([O-])[O-].O=P([O-])([O-])[O-]. The number of aliphatic hydroxyl groups excluding tert-OH is 1. The zero-order valence-corrected chi connectivity index (χ0v) is 10.2. The van der Waals surface area contributed by atoms with Gasteiger partial charge >= 0.3 is 0 Å². The molecule has 0 rings (SSSR count). The van der Waals surface area contributed by atoms with Crippen molar-refractivity contribution >= 4 is 15.6 Å². The lowest BCUT2D eigenvalue weighted by molar-refractivity contribution is -0.434. The summed E-state index contributed by atoms with van der Waals surface area (Å²) < 4.78 is 17.1. The Morgan fingerprint density at radius 3 is 1.25 bits per heavy atom. The van der Waals surface area contributed by atoms with E-state index in [-0.39, 0.29) is 6.61 Å². The molecule has 0 radical (unpaired) electrons. The summed E-state index contributed by atoms with van der Waals surface area (Å²) in [5.74, 6) is 0. The number of hydrogen-bond donors (Lipinski definition) is 1. The molecule has 0 saturated heterocycles. The predicted molar refractivity (Wildman–Crippen MR) is 41.7 cm³/mol. The molecule has 0 atom stereocenters. The highest BCUT2D eigenvalue weighted by atomic mass is 31.2. The maximum atomic E-state index is 8.55. The maximum Gasteiger partial charge on any atom is 0.0638 e. The van der Waals surface area contributed by atoms with Crippen molar-refractivity contribution in [2.45, 2.75) is 13.8 Å². The first-order chi connectivity index (χ1) is 6.81. The van der Waals surface area contributed by atoms with Gasteiger partial charge in [0.2, 0.25) is 0 Å². The van der Waals surface area contributed by atoms with Crippen LogP contribution in [0.4, 0.5) is 0 Å². The molecular formula is C5H10O9P2-6. The summed E-state index contributed by atoms with van der Waals surface area (Å²) in [5, 5.41) is 8.27. The second kappa shape index (κ2) is 10.1. The van der Waals surface area contributed by atoms with E-state index in [1.165, 1.54) is 0 Å². The number of allylic oxidation sites excluding steroid dienone is 1. The average Bonchev–Trinajstić information content (AvgIpc) is 1.96. The fraction of sp³-hybridized carbons (Fsp3) is 0.600. The minimum atomic E-state index is -5.39. The van der Waals surface area contributed by atoms with E-state index in [0.29, 0.717) is 0 Å². The lowest BCUT2D eigenvalue weighted by Gasteiger charge is -2.36. The first kappa shape index (κ1) is 21.2. The third-order valence-corrected chi connectivity index (χ3v) is 0.742. The molecule has 16 heavy (non-hydrogen) atoms. The lowest BCUT2D eigenvalue weighted by Crippen LogP contribution is -2.24. The molecule has 0 aromatic rings. The topological polar surface area (TPSA) is 193 Å². The number of rotatable bonds is 1. The van der Waals surface area contributed by atoms with Gasteiger partial charge in [-0.05, 0) is 13.8 Å².